The summed E-state index contributed by atoms with van der Waals surface area (Å²) in [5, 5.41) is 0. The van der Waals surface area contributed by atoms with Gasteiger partial charge in [0, 0.05) is 0 Å². The fourth-order valence-electron chi connectivity index (χ4n) is 0.681. The van der Waals surface area contributed by atoms with Crippen molar-refractivity contribution in [2.24, 2.45) is 0 Å². The first-order chi connectivity index (χ1) is 5.70. The van der Waals surface area contributed by atoms with Crippen LogP contribution in [-0.4, -0.2) is 39.3 Å². The van der Waals surface area contributed by atoms with Crippen LogP contribution in [0.5, 0.6) is 5.75 Å². The molecule has 0 N–H and O–H groups in total. The van der Waals surface area contributed by atoms with E-state index in [0.717, 1.165) is 10.5 Å². The van der Waals surface area contributed by atoms with Gasteiger partial charge >= 0.3 is 80.1 Å². The summed E-state index contributed by atoms with van der Waals surface area (Å²) < 4.78 is 6.23. The van der Waals surface area contributed by atoms with Crippen LogP contribution in [0.15, 0.2) is 30.3 Å². The Balaban J connectivity index is 2.59. The number of hydrogen-bond acceptors (Lipinski definition) is 2. The van der Waals surface area contributed by atoms with E-state index in [1.807, 2.05) is 49.3 Å². The van der Waals surface area contributed by atoms with E-state index in [9.17, 15) is 0 Å². The van der Waals surface area contributed by atoms with Gasteiger partial charge in [0.1, 0.15) is 0 Å². The van der Waals surface area contributed by atoms with Crippen LogP contribution >= 0.6 is 0 Å². The molecule has 1 aromatic rings. The molecular weight excluding hydrogens is 217 g/mol. The van der Waals surface area contributed by atoms with Crippen LogP contribution in [0.3, 0.4) is 0 Å². The number of hydrogen-bond donors (Lipinski definition) is 0. The van der Waals surface area contributed by atoms with Crippen molar-refractivity contribution < 1.29 is 4.74 Å². The third-order valence-electron chi connectivity index (χ3n) is 1.31. The molecule has 0 amide bonds. The molecule has 12 heavy (non-hydrogen) atoms. The normalized spacial score (nSPS) is 9.17. The fraction of sp³-hybridized carbons (Fsp3) is 0.222. The molecule has 0 atom stereocenters. The average Bonchev–Trinajstić information content (AvgIpc) is 2.06. The van der Waals surface area contributed by atoms with Crippen molar-refractivity contribution in [3.05, 3.63) is 30.3 Å². The van der Waals surface area contributed by atoms with E-state index in [4.69, 9.17) is 4.74 Å². The Kier molecular flexibility index (Phi) is 3.32. The van der Waals surface area contributed by atoms with Gasteiger partial charge in [0.25, 0.3) is 0 Å². The summed E-state index contributed by atoms with van der Waals surface area (Å²) in [6.07, 6.45) is 0. The molecular formula is C9H11NOSe. The van der Waals surface area contributed by atoms with Crippen LogP contribution in [0.25, 0.3) is 0 Å². The molecule has 2 nitrogen and oxygen atoms in total. The van der Waals surface area contributed by atoms with Crippen LogP contribution in [0.1, 0.15) is 0 Å². The SMILES string of the molecule is CN(C)C(=[Se])Oc1ccccc1. The van der Waals surface area contributed by atoms with Gasteiger partial charge in [0.05, 0.1) is 0 Å². The monoisotopic (exact) mass is 229 g/mol. The van der Waals surface area contributed by atoms with E-state index in [1.165, 1.54) is 0 Å². The Labute approximate surface area is 80.5 Å². The van der Waals surface area contributed by atoms with E-state index in [0.29, 0.717) is 0 Å². The number of benzene rings is 1. The van der Waals surface area contributed by atoms with Gasteiger partial charge in [0.2, 0.25) is 0 Å². The third kappa shape index (κ3) is 2.68. The van der Waals surface area contributed by atoms with Crippen molar-refractivity contribution in [1.82, 2.24) is 4.90 Å². The number of rotatable bonds is 3. The zero-order chi connectivity index (χ0) is 8.97. The summed E-state index contributed by atoms with van der Waals surface area (Å²) >= 11 is 2.85. The van der Waals surface area contributed by atoms with Crippen LogP contribution in [0.4, 0.5) is 0 Å². The molecule has 64 valence electrons. The Morgan fingerprint density at radius 2 is 1.83 bits per heavy atom. The van der Waals surface area contributed by atoms with Crippen molar-refractivity contribution in [2.75, 3.05) is 14.1 Å². The average molecular weight is 228 g/mol. The Morgan fingerprint density at radius 3 is 2.33 bits per heavy atom. The second kappa shape index (κ2) is 4.29. The van der Waals surface area contributed by atoms with Gasteiger partial charge in [-0.25, -0.2) is 0 Å². The van der Waals surface area contributed by atoms with Gasteiger partial charge < -0.3 is 0 Å². The van der Waals surface area contributed by atoms with Gasteiger partial charge in [-0.05, 0) is 0 Å². The number of ether oxygens (including phenoxy) is 1. The molecule has 0 aliphatic carbocycles. The van der Waals surface area contributed by atoms with E-state index < -0.39 is 0 Å². The van der Waals surface area contributed by atoms with E-state index in [1.54, 1.807) is 0 Å². The Bertz CT molecular complexity index is 258. The molecule has 0 aliphatic heterocycles. The molecule has 0 aromatic heterocycles. The van der Waals surface area contributed by atoms with Crippen molar-refractivity contribution in [1.29, 1.82) is 0 Å². The predicted octanol–water partition coefficient (Wildman–Crippen LogP) is 0.883. The molecule has 1 rings (SSSR count). The van der Waals surface area contributed by atoms with Crippen LogP contribution in [0.2, 0.25) is 0 Å². The Morgan fingerprint density at radius 1 is 1.25 bits per heavy atom. The number of para-hydroxylation sites is 1. The first-order valence-electron chi connectivity index (χ1n) is 3.64. The van der Waals surface area contributed by atoms with Crippen molar-refractivity contribution in [3.8, 4) is 5.75 Å². The second-order valence-corrected chi connectivity index (χ2v) is 3.31. The molecule has 1 aromatic carbocycles. The predicted molar refractivity (Wildman–Crippen MR) is 51.5 cm³/mol. The van der Waals surface area contributed by atoms with Crippen LogP contribution < -0.4 is 4.74 Å². The maximum absolute atomic E-state index is 5.46. The first kappa shape index (κ1) is 9.30. The van der Waals surface area contributed by atoms with E-state index >= 15 is 0 Å². The molecule has 0 heterocycles. The van der Waals surface area contributed by atoms with Gasteiger partial charge in [0.15, 0.2) is 0 Å². The first-order valence-corrected chi connectivity index (χ1v) is 4.50. The molecule has 0 bridgehead atoms. The summed E-state index contributed by atoms with van der Waals surface area (Å²) in [7, 11) is 3.85. The molecule has 0 saturated carbocycles. The molecule has 0 saturated heterocycles. The maximum atomic E-state index is 5.46. The topological polar surface area (TPSA) is 12.5 Å². The molecule has 3 heteroatoms. The minimum absolute atomic E-state index is 0.765. The summed E-state index contributed by atoms with van der Waals surface area (Å²) in [6, 6.07) is 9.68. The molecule has 0 spiro atoms. The Hall–Kier alpha value is -0.791. The summed E-state index contributed by atoms with van der Waals surface area (Å²) in [6.45, 7) is 0. The molecule has 0 aliphatic rings. The summed E-state index contributed by atoms with van der Waals surface area (Å²) in [5.41, 5.74) is 0. The van der Waals surface area contributed by atoms with E-state index in [2.05, 4.69) is 15.6 Å². The van der Waals surface area contributed by atoms with Crippen molar-refractivity contribution >= 4 is 20.3 Å². The van der Waals surface area contributed by atoms with Gasteiger partial charge in [-0.15, -0.1) is 0 Å². The van der Waals surface area contributed by atoms with Crippen molar-refractivity contribution in [2.45, 2.75) is 0 Å². The zero-order valence-electron chi connectivity index (χ0n) is 7.15. The third-order valence-corrected chi connectivity index (χ3v) is 2.25. The van der Waals surface area contributed by atoms with Gasteiger partial charge in [-0.3, -0.25) is 0 Å². The fourth-order valence-corrected chi connectivity index (χ4v) is 0.883. The molecule has 0 fully saturated rings. The van der Waals surface area contributed by atoms with Gasteiger partial charge in [-0.2, -0.15) is 0 Å². The van der Waals surface area contributed by atoms with E-state index in [-0.39, 0.29) is 0 Å². The van der Waals surface area contributed by atoms with Gasteiger partial charge in [-0.1, -0.05) is 0 Å². The zero-order valence-corrected chi connectivity index (χ0v) is 8.86. The minimum atomic E-state index is 0.765. The standard InChI is InChI=1S/C9H11NOSe/c1-10(2)9(12)11-8-6-4-3-5-7-8/h3-7H,1-2H3. The molecule has 0 unspecified atom stereocenters. The molecule has 0 radical (unpaired) electrons. The van der Waals surface area contributed by atoms with Crippen LogP contribution in [-0.2, 0) is 0 Å². The van der Waals surface area contributed by atoms with Crippen LogP contribution in [0, 0.1) is 0 Å². The number of nitrogens with zero attached hydrogens (tertiary/aromatic N) is 1. The quantitative estimate of drug-likeness (QED) is 0.712. The second-order valence-electron chi connectivity index (χ2n) is 2.58. The van der Waals surface area contributed by atoms with Crippen molar-refractivity contribution in [3.63, 3.8) is 0 Å². The summed E-state index contributed by atoms with van der Waals surface area (Å²) in [4.78, 5) is 1.88. The summed E-state index contributed by atoms with van der Waals surface area (Å²) in [5.74, 6) is 0.847.